The van der Waals surface area contributed by atoms with Crippen molar-refractivity contribution in [2.24, 2.45) is 0 Å². The summed E-state index contributed by atoms with van der Waals surface area (Å²) >= 11 is 0. The lowest BCUT2D eigenvalue weighted by Crippen LogP contribution is -2.56. The molecule has 0 radical (unpaired) electrons. The Kier molecular flexibility index (Phi) is 5.62. The lowest BCUT2D eigenvalue weighted by atomic mass is 10.1. The molecule has 4 rings (SSSR count). The number of pyridine rings is 1. The summed E-state index contributed by atoms with van der Waals surface area (Å²) in [7, 11) is 0. The number of Topliss-reactive ketones (excluding diaryl/α,β-unsaturated/α-hetero) is 1. The monoisotopic (exact) mass is 446 g/mol. The summed E-state index contributed by atoms with van der Waals surface area (Å²) in [5, 5.41) is 2.59. The molecular weight excluding hydrogens is 425 g/mol. The highest BCUT2D eigenvalue weighted by molar-refractivity contribution is 6.39. The van der Waals surface area contributed by atoms with Crippen molar-refractivity contribution < 1.29 is 27.6 Å². The Morgan fingerprint density at radius 3 is 2.50 bits per heavy atom. The number of nitrogens with zero attached hydrogens (tertiary/aromatic N) is 3. The van der Waals surface area contributed by atoms with Crippen LogP contribution in [-0.4, -0.2) is 53.2 Å². The number of halogens is 3. The molecule has 1 aliphatic carbocycles. The van der Waals surface area contributed by atoms with Crippen LogP contribution in [0.4, 0.5) is 24.7 Å². The van der Waals surface area contributed by atoms with Crippen LogP contribution in [-0.2, 0) is 33.4 Å². The van der Waals surface area contributed by atoms with Crippen molar-refractivity contribution in [3.63, 3.8) is 0 Å². The third-order valence-electron chi connectivity index (χ3n) is 5.72. The fraction of sp³-hybridized carbons (Fsp3) is 0.364. The fourth-order valence-corrected chi connectivity index (χ4v) is 4.05. The lowest BCUT2D eigenvalue weighted by molar-refractivity contribution is -0.144. The number of amides is 2. The van der Waals surface area contributed by atoms with E-state index in [4.69, 9.17) is 0 Å². The van der Waals surface area contributed by atoms with Crippen molar-refractivity contribution >= 4 is 29.1 Å². The Bertz CT molecular complexity index is 1070. The first-order chi connectivity index (χ1) is 15.1. The maximum Gasteiger partial charge on any atom is 0.417 e. The van der Waals surface area contributed by atoms with E-state index in [0.29, 0.717) is 37.4 Å². The molecule has 0 bridgehead atoms. The third kappa shape index (κ3) is 4.44. The fourth-order valence-electron chi connectivity index (χ4n) is 4.05. The largest absolute Gasteiger partial charge is 0.417 e. The summed E-state index contributed by atoms with van der Waals surface area (Å²) in [5.74, 6) is -0.959. The molecule has 0 saturated carbocycles. The minimum atomic E-state index is -4.45. The van der Waals surface area contributed by atoms with Crippen LogP contribution in [0.1, 0.15) is 23.6 Å². The average Bonchev–Trinajstić information content (AvgIpc) is 3.12. The number of nitrogens with one attached hydrogen (secondary N) is 1. The van der Waals surface area contributed by atoms with Crippen LogP contribution in [0, 0.1) is 0 Å². The number of anilines is 2. The van der Waals surface area contributed by atoms with Crippen LogP contribution in [0.15, 0.2) is 36.5 Å². The smallest absolute Gasteiger partial charge is 0.353 e. The number of carbonyl (C=O) groups is 3. The second-order valence-corrected chi connectivity index (χ2v) is 8.03. The molecule has 2 heterocycles. The number of rotatable bonds is 2. The van der Waals surface area contributed by atoms with Gasteiger partial charge in [-0.15, -0.1) is 0 Å². The first-order valence-electron chi connectivity index (χ1n) is 10.2. The van der Waals surface area contributed by atoms with E-state index < -0.39 is 23.6 Å². The van der Waals surface area contributed by atoms with E-state index >= 15 is 0 Å². The summed E-state index contributed by atoms with van der Waals surface area (Å²) in [6, 6.07) is 7.09. The molecule has 7 nitrogen and oxygen atoms in total. The van der Waals surface area contributed by atoms with Crippen LogP contribution in [0.3, 0.4) is 0 Å². The molecule has 1 N–H and O–H groups in total. The molecule has 0 unspecified atom stereocenters. The van der Waals surface area contributed by atoms with Crippen LogP contribution in [0.5, 0.6) is 0 Å². The number of hydrogen-bond acceptors (Lipinski definition) is 5. The van der Waals surface area contributed by atoms with Crippen molar-refractivity contribution in [3.05, 3.63) is 53.2 Å². The molecule has 2 aromatic rings. The molecular formula is C22H21F3N4O3. The zero-order valence-corrected chi connectivity index (χ0v) is 17.3. The van der Waals surface area contributed by atoms with Crippen molar-refractivity contribution in [2.45, 2.75) is 32.0 Å². The minimum Gasteiger partial charge on any atom is -0.353 e. The Hall–Kier alpha value is -3.43. The lowest BCUT2D eigenvalue weighted by Gasteiger charge is -2.40. The third-order valence-corrected chi connectivity index (χ3v) is 5.72. The molecule has 1 atom stereocenters. The van der Waals surface area contributed by atoms with Crippen LogP contribution < -0.4 is 10.2 Å². The van der Waals surface area contributed by atoms with Gasteiger partial charge in [0.2, 0.25) is 0 Å². The second kappa shape index (κ2) is 8.25. The zero-order valence-electron chi connectivity index (χ0n) is 17.3. The normalized spacial score (nSPS) is 18.5. The summed E-state index contributed by atoms with van der Waals surface area (Å²) in [4.78, 5) is 43.9. The first kappa shape index (κ1) is 21.8. The number of hydrogen-bond donors (Lipinski definition) is 1. The molecule has 0 spiro atoms. The van der Waals surface area contributed by atoms with Gasteiger partial charge in [0.15, 0.2) is 0 Å². The Morgan fingerprint density at radius 1 is 1.09 bits per heavy atom. The maximum absolute atomic E-state index is 12.7. The Morgan fingerprint density at radius 2 is 1.84 bits per heavy atom. The molecule has 1 fully saturated rings. The van der Waals surface area contributed by atoms with E-state index in [1.54, 1.807) is 30.0 Å². The molecule has 168 valence electrons. The highest BCUT2D eigenvalue weighted by Crippen LogP contribution is 2.30. The van der Waals surface area contributed by atoms with Gasteiger partial charge in [-0.1, -0.05) is 6.07 Å². The highest BCUT2D eigenvalue weighted by atomic mass is 19.4. The summed E-state index contributed by atoms with van der Waals surface area (Å²) < 4.78 is 38.2. The van der Waals surface area contributed by atoms with Gasteiger partial charge >= 0.3 is 18.0 Å². The van der Waals surface area contributed by atoms with Gasteiger partial charge in [-0.3, -0.25) is 14.4 Å². The molecule has 10 heteroatoms. The standard InChI is InChI=1S/C22H21F3N4O3/c1-13-12-28(19-5-3-16(11-26-19)22(23,24)25)6-7-29(13)21(32)20(31)27-17-4-2-14-9-18(30)10-15(14)8-17/h2-5,8,11,13H,6-7,9-10,12H2,1H3,(H,27,31)/t13-/m1/s1. The molecule has 32 heavy (non-hydrogen) atoms. The number of benzene rings is 1. The van der Waals surface area contributed by atoms with Gasteiger partial charge in [-0.25, -0.2) is 4.98 Å². The van der Waals surface area contributed by atoms with Gasteiger partial charge in [0.25, 0.3) is 0 Å². The van der Waals surface area contributed by atoms with Gasteiger partial charge in [0.1, 0.15) is 11.6 Å². The van der Waals surface area contributed by atoms with E-state index in [1.165, 1.54) is 11.0 Å². The van der Waals surface area contributed by atoms with Gasteiger partial charge < -0.3 is 15.1 Å². The maximum atomic E-state index is 12.7. The van der Waals surface area contributed by atoms with E-state index in [9.17, 15) is 27.6 Å². The second-order valence-electron chi connectivity index (χ2n) is 8.03. The first-order valence-corrected chi connectivity index (χ1v) is 10.2. The highest BCUT2D eigenvalue weighted by Gasteiger charge is 2.33. The number of fused-ring (bicyclic) bond motifs is 1. The Balaban J connectivity index is 1.37. The molecule has 1 aromatic carbocycles. The van der Waals surface area contributed by atoms with Crippen molar-refractivity contribution in [3.8, 4) is 0 Å². The average molecular weight is 446 g/mol. The van der Waals surface area contributed by atoms with Gasteiger partial charge in [-0.05, 0) is 42.3 Å². The van der Waals surface area contributed by atoms with Crippen LogP contribution in [0.2, 0.25) is 0 Å². The van der Waals surface area contributed by atoms with Crippen LogP contribution >= 0.6 is 0 Å². The summed E-state index contributed by atoms with van der Waals surface area (Å²) in [6.07, 6.45) is -2.96. The number of carbonyl (C=O) groups excluding carboxylic acids is 3. The SMILES string of the molecule is C[C@@H]1CN(c2ccc(C(F)(F)F)cn2)CCN1C(=O)C(=O)Nc1ccc2c(c1)CC(=O)C2. The minimum absolute atomic E-state index is 0.119. The van der Waals surface area contributed by atoms with E-state index in [-0.39, 0.29) is 18.4 Å². The Labute approximate surface area is 182 Å². The van der Waals surface area contributed by atoms with Crippen LogP contribution in [0.25, 0.3) is 0 Å². The predicted molar refractivity (Wildman–Crippen MR) is 110 cm³/mol. The van der Waals surface area contributed by atoms with Gasteiger partial charge in [0.05, 0.1) is 5.56 Å². The number of piperazine rings is 1. The summed E-state index contributed by atoms with van der Waals surface area (Å²) in [5.41, 5.74) is 1.42. The van der Waals surface area contributed by atoms with Crippen molar-refractivity contribution in [1.29, 1.82) is 0 Å². The summed E-state index contributed by atoms with van der Waals surface area (Å²) in [6.45, 7) is 2.66. The van der Waals surface area contributed by atoms with E-state index in [2.05, 4.69) is 10.3 Å². The number of ketones is 1. The molecule has 1 aromatic heterocycles. The number of alkyl halides is 3. The van der Waals surface area contributed by atoms with Crippen molar-refractivity contribution in [2.75, 3.05) is 29.9 Å². The van der Waals surface area contributed by atoms with Gasteiger partial charge in [-0.2, -0.15) is 13.2 Å². The molecule has 2 aliphatic rings. The van der Waals surface area contributed by atoms with E-state index in [0.717, 1.165) is 23.4 Å². The topological polar surface area (TPSA) is 82.6 Å². The zero-order chi connectivity index (χ0) is 23.0. The quantitative estimate of drug-likeness (QED) is 0.717. The van der Waals surface area contributed by atoms with Gasteiger partial charge in [0, 0.05) is 50.4 Å². The predicted octanol–water partition coefficient (Wildman–Crippen LogP) is 2.44. The van der Waals surface area contributed by atoms with E-state index in [1.807, 2.05) is 0 Å². The molecule has 1 saturated heterocycles. The number of aromatic nitrogens is 1. The molecule has 2 amide bonds. The van der Waals surface area contributed by atoms with Crippen molar-refractivity contribution in [1.82, 2.24) is 9.88 Å². The molecule has 1 aliphatic heterocycles.